The molecule has 0 aliphatic rings. The number of hydrogen-bond acceptors (Lipinski definition) is 9. The quantitative estimate of drug-likeness (QED) is 0.161. The van der Waals surface area contributed by atoms with Crippen LogP contribution in [0.25, 0.3) is 0 Å². The summed E-state index contributed by atoms with van der Waals surface area (Å²) in [5.74, 6) is 0.413. The fourth-order valence-corrected chi connectivity index (χ4v) is 4.31. The molecule has 0 fully saturated rings. The highest BCUT2D eigenvalue weighted by Gasteiger charge is 2.34. The van der Waals surface area contributed by atoms with Gasteiger partial charge in [-0.25, -0.2) is 14.8 Å². The summed E-state index contributed by atoms with van der Waals surface area (Å²) in [5.41, 5.74) is -0.0569. The van der Waals surface area contributed by atoms with Crippen molar-refractivity contribution in [1.82, 2.24) is 4.90 Å². The van der Waals surface area contributed by atoms with Crippen molar-refractivity contribution in [1.29, 1.82) is 0 Å². The van der Waals surface area contributed by atoms with Crippen LogP contribution in [0, 0.1) is 5.21 Å². The Morgan fingerprint density at radius 2 is 1.28 bits per heavy atom. The number of nitrogens with one attached hydrogen (secondary N) is 1. The normalized spacial score (nSPS) is 13.0. The van der Waals surface area contributed by atoms with Gasteiger partial charge in [0.2, 0.25) is 0 Å². The second kappa shape index (κ2) is 15.8. The lowest BCUT2D eigenvalue weighted by atomic mass is 10.0. The summed E-state index contributed by atoms with van der Waals surface area (Å²) < 4.78 is 29.1. The molecule has 0 bridgehead atoms. The largest absolute Gasteiger partial charge is 0.595 e. The Kier molecular flexibility index (Phi) is 12.4. The molecule has 0 saturated carbocycles. The molecule has 3 aromatic carbocycles. The minimum atomic E-state index is -1.29. The van der Waals surface area contributed by atoms with Gasteiger partial charge in [0.05, 0.1) is 12.1 Å². The van der Waals surface area contributed by atoms with Crippen LogP contribution < -0.4 is 14.7 Å². The molecule has 3 rings (SSSR count). The third kappa shape index (κ3) is 11.6. The smallest absolute Gasteiger partial charge is 0.509 e. The van der Waals surface area contributed by atoms with Crippen molar-refractivity contribution in [3.8, 4) is 11.5 Å². The molecule has 1 amide bonds. The summed E-state index contributed by atoms with van der Waals surface area (Å²) in [4.78, 5) is 27.7. The summed E-state index contributed by atoms with van der Waals surface area (Å²) in [6.45, 7) is 13.9. The van der Waals surface area contributed by atoms with E-state index in [1.807, 2.05) is 60.7 Å². The van der Waals surface area contributed by atoms with Gasteiger partial charge in [0.15, 0.2) is 23.3 Å². The van der Waals surface area contributed by atoms with Crippen molar-refractivity contribution in [2.75, 3.05) is 6.54 Å². The third-order valence-corrected chi connectivity index (χ3v) is 6.41. The van der Waals surface area contributed by atoms with E-state index in [0.717, 1.165) is 11.1 Å². The van der Waals surface area contributed by atoms with Crippen LogP contribution in [-0.4, -0.2) is 46.1 Å². The number of carbonyl (C=O) groups excluding carboxylic acids is 2. The molecule has 250 valence electrons. The average molecular weight is 639 g/mol. The molecule has 0 aromatic heterocycles. The van der Waals surface area contributed by atoms with Crippen LogP contribution in [-0.2, 0) is 27.4 Å². The highest BCUT2D eigenvalue weighted by molar-refractivity contribution is 5.69. The Balaban J connectivity index is 2.12. The van der Waals surface area contributed by atoms with Crippen LogP contribution in [0.1, 0.15) is 78.2 Å². The maximum atomic E-state index is 13.3. The van der Waals surface area contributed by atoms with Crippen molar-refractivity contribution in [2.45, 2.75) is 92.0 Å². The second-order valence-corrected chi connectivity index (χ2v) is 13.0. The number of ether oxygens (including phenoxy) is 5. The lowest BCUT2D eigenvalue weighted by Crippen LogP contribution is -2.99. The van der Waals surface area contributed by atoms with E-state index in [1.54, 1.807) is 55.4 Å². The van der Waals surface area contributed by atoms with Crippen LogP contribution in [0.2, 0.25) is 0 Å². The lowest BCUT2D eigenvalue weighted by Gasteiger charge is -2.33. The molecule has 0 saturated heterocycles. The van der Waals surface area contributed by atoms with E-state index in [1.165, 1.54) is 17.0 Å². The van der Waals surface area contributed by atoms with E-state index in [0.29, 0.717) is 0 Å². The zero-order valence-electron chi connectivity index (χ0n) is 27.9. The molecule has 3 aromatic rings. The first kappa shape index (κ1) is 36.2. The molecule has 11 heteroatoms. The van der Waals surface area contributed by atoms with Crippen molar-refractivity contribution >= 4 is 17.9 Å². The monoisotopic (exact) mass is 638 g/mol. The first-order valence-corrected chi connectivity index (χ1v) is 15.2. The van der Waals surface area contributed by atoms with E-state index in [-0.39, 0.29) is 42.5 Å². The molecule has 2 unspecified atom stereocenters. The van der Waals surface area contributed by atoms with E-state index < -0.39 is 40.8 Å². The predicted octanol–water partition coefficient (Wildman–Crippen LogP) is 6.89. The van der Waals surface area contributed by atoms with Crippen molar-refractivity contribution in [3.05, 3.63) is 94.7 Å². The van der Waals surface area contributed by atoms with Crippen LogP contribution >= 0.6 is 0 Å². The number of quaternary nitrogens is 1. The molecule has 0 aliphatic heterocycles. The Hall–Kier alpha value is -4.32. The van der Waals surface area contributed by atoms with Gasteiger partial charge in [-0.15, -0.1) is 0 Å². The molecule has 46 heavy (non-hydrogen) atoms. The fraction of sp³-hybridized carbons (Fsp3) is 0.429. The standard InChI is InChI=1S/C35H46N2O9/c1-24(2)36(32(38)45-34(3,4)5)21-31(44-33(39)46-35(6,7)8)27-19-29(42-22-25-15-11-9-12-16-25)30(20-28(27)37(40)41)43-23-26-17-13-10-14-18-26/h9-20,24,31,37,40H,21-23H2,1-8H3. The lowest BCUT2D eigenvalue weighted by molar-refractivity contribution is -0.991. The van der Waals surface area contributed by atoms with Gasteiger partial charge < -0.3 is 33.8 Å². The van der Waals surface area contributed by atoms with Gasteiger partial charge in [-0.3, -0.25) is 0 Å². The Morgan fingerprint density at radius 1 is 0.804 bits per heavy atom. The van der Waals surface area contributed by atoms with Crippen molar-refractivity contribution < 1.29 is 43.7 Å². The van der Waals surface area contributed by atoms with Crippen molar-refractivity contribution in [3.63, 3.8) is 0 Å². The number of hydrogen-bond donors (Lipinski definition) is 2. The van der Waals surface area contributed by atoms with Crippen LogP contribution in [0.15, 0.2) is 72.8 Å². The highest BCUT2D eigenvalue weighted by atomic mass is 16.8. The third-order valence-electron chi connectivity index (χ3n) is 6.41. The van der Waals surface area contributed by atoms with Gasteiger partial charge in [-0.2, -0.15) is 5.23 Å². The summed E-state index contributed by atoms with van der Waals surface area (Å²) in [6.07, 6.45) is -2.96. The minimum absolute atomic E-state index is 0.0858. The average Bonchev–Trinajstić information content (AvgIpc) is 2.95. The zero-order valence-corrected chi connectivity index (χ0v) is 27.9. The highest BCUT2D eigenvalue weighted by Crippen LogP contribution is 2.38. The van der Waals surface area contributed by atoms with Crippen LogP contribution in [0.5, 0.6) is 11.5 Å². The number of benzene rings is 3. The summed E-state index contributed by atoms with van der Waals surface area (Å²) in [6, 6.07) is 21.3. The Morgan fingerprint density at radius 3 is 1.72 bits per heavy atom. The minimum Gasteiger partial charge on any atom is -0.595 e. The van der Waals surface area contributed by atoms with E-state index in [2.05, 4.69) is 0 Å². The fourth-order valence-electron chi connectivity index (χ4n) is 4.31. The first-order chi connectivity index (χ1) is 21.5. The van der Waals surface area contributed by atoms with Gasteiger partial charge in [0.1, 0.15) is 24.4 Å². The second-order valence-electron chi connectivity index (χ2n) is 13.0. The maximum absolute atomic E-state index is 13.3. The summed E-state index contributed by atoms with van der Waals surface area (Å²) in [5, 5.41) is 21.8. The number of amides is 1. The molecule has 11 nitrogen and oxygen atoms in total. The van der Waals surface area contributed by atoms with Gasteiger partial charge in [0.25, 0.3) is 0 Å². The molecule has 2 atom stereocenters. The van der Waals surface area contributed by atoms with E-state index in [4.69, 9.17) is 23.7 Å². The topological polar surface area (TPSA) is 131 Å². The van der Waals surface area contributed by atoms with Gasteiger partial charge in [-0.05, 0) is 72.6 Å². The first-order valence-electron chi connectivity index (χ1n) is 15.2. The Bertz CT molecular complexity index is 1420. The zero-order chi connectivity index (χ0) is 34.1. The molecule has 0 heterocycles. The number of rotatable bonds is 12. The predicted molar refractivity (Wildman–Crippen MR) is 172 cm³/mol. The van der Waals surface area contributed by atoms with Crippen LogP contribution in [0.3, 0.4) is 0 Å². The molecule has 0 spiro atoms. The van der Waals surface area contributed by atoms with E-state index in [9.17, 15) is 20.0 Å². The molecule has 0 radical (unpaired) electrons. The molecular weight excluding hydrogens is 592 g/mol. The number of carbonyl (C=O) groups is 2. The van der Waals surface area contributed by atoms with Crippen LogP contribution in [0.4, 0.5) is 15.3 Å². The maximum Gasteiger partial charge on any atom is 0.509 e. The Labute approximate surface area is 271 Å². The summed E-state index contributed by atoms with van der Waals surface area (Å²) in [7, 11) is 0. The van der Waals surface area contributed by atoms with Gasteiger partial charge in [-0.1, -0.05) is 60.7 Å². The van der Waals surface area contributed by atoms with Crippen molar-refractivity contribution in [2.24, 2.45) is 0 Å². The summed E-state index contributed by atoms with van der Waals surface area (Å²) >= 11 is 0. The van der Waals surface area contributed by atoms with E-state index >= 15 is 0 Å². The molecule has 2 N–H and O–H groups in total. The van der Waals surface area contributed by atoms with Gasteiger partial charge in [0, 0.05) is 12.1 Å². The molecular formula is C35H46N2O9. The SMILES string of the molecule is CC(C)N(CC(OC(=O)OC(C)(C)C)c1cc(OCc2ccccc2)c(OCc2ccccc2)cc1[NH+]([O-])O)C(=O)OC(C)(C)C. The number of nitrogens with zero attached hydrogens (tertiary/aromatic N) is 1. The molecule has 0 aliphatic carbocycles. The van der Waals surface area contributed by atoms with Gasteiger partial charge >= 0.3 is 12.2 Å².